The minimum absolute atomic E-state index is 0.743. The van der Waals surface area contributed by atoms with Gasteiger partial charge in [0.15, 0.2) is 5.82 Å². The summed E-state index contributed by atoms with van der Waals surface area (Å²) in [5.41, 5.74) is 9.02. The second kappa shape index (κ2) is 8.41. The number of para-hydroxylation sites is 1. The van der Waals surface area contributed by atoms with Gasteiger partial charge in [-0.05, 0) is 72.1 Å². The molecule has 0 spiro atoms. The quantitative estimate of drug-likeness (QED) is 0.323. The van der Waals surface area contributed by atoms with E-state index in [-0.39, 0.29) is 0 Å². The zero-order valence-corrected chi connectivity index (χ0v) is 19.8. The predicted octanol–water partition coefficient (Wildman–Crippen LogP) is 5.89. The molecule has 8 heteroatoms. The van der Waals surface area contributed by atoms with Crippen LogP contribution >= 0.6 is 11.3 Å². The summed E-state index contributed by atoms with van der Waals surface area (Å²) in [6, 6.07) is 12.6. The van der Waals surface area contributed by atoms with Gasteiger partial charge < -0.3 is 4.98 Å². The van der Waals surface area contributed by atoms with Crippen LogP contribution in [-0.2, 0) is 6.54 Å². The SMILES string of the molecule is c1cc(-c2ccsc2)c2nc(-c3n[nH]c4cnc(-c5cncc(CN6CCCC6)c5)cc34)[nH]c2c1. The normalized spacial score (nSPS) is 14.4. The lowest BCUT2D eigenvalue weighted by atomic mass is 10.1. The lowest BCUT2D eigenvalue weighted by Gasteiger charge is -2.14. The summed E-state index contributed by atoms with van der Waals surface area (Å²) in [5.74, 6) is 0.743. The largest absolute Gasteiger partial charge is 0.337 e. The fraction of sp³-hybridized carbons (Fsp3) is 0.185. The highest BCUT2D eigenvalue weighted by Gasteiger charge is 2.17. The van der Waals surface area contributed by atoms with Gasteiger partial charge in [0, 0.05) is 35.5 Å². The molecular weight excluding hydrogens is 454 g/mol. The Kier molecular flexibility index (Phi) is 4.92. The van der Waals surface area contributed by atoms with Crippen molar-refractivity contribution in [2.75, 3.05) is 13.1 Å². The number of H-pyrrole nitrogens is 2. The van der Waals surface area contributed by atoms with E-state index in [2.05, 4.69) is 72.2 Å². The van der Waals surface area contributed by atoms with Crippen LogP contribution in [-0.4, -0.2) is 48.1 Å². The van der Waals surface area contributed by atoms with Crippen molar-refractivity contribution in [2.24, 2.45) is 0 Å². The molecule has 0 bridgehead atoms. The number of likely N-dealkylation sites (tertiary alicyclic amines) is 1. The summed E-state index contributed by atoms with van der Waals surface area (Å²) in [6.45, 7) is 3.27. The number of pyridine rings is 2. The lowest BCUT2D eigenvalue weighted by molar-refractivity contribution is 0.331. The van der Waals surface area contributed by atoms with Gasteiger partial charge in [0.25, 0.3) is 0 Å². The fourth-order valence-corrected chi connectivity index (χ4v) is 5.62. The summed E-state index contributed by atoms with van der Waals surface area (Å²) in [5, 5.41) is 12.9. The number of imidazole rings is 1. The Morgan fingerprint density at radius 1 is 0.971 bits per heavy atom. The maximum Gasteiger partial charge on any atom is 0.159 e. The number of benzene rings is 1. The van der Waals surface area contributed by atoms with Gasteiger partial charge in [-0.15, -0.1) is 0 Å². The average Bonchev–Trinajstić information content (AvgIpc) is 3.70. The van der Waals surface area contributed by atoms with Gasteiger partial charge in [-0.1, -0.05) is 12.1 Å². The fourth-order valence-electron chi connectivity index (χ4n) is 4.96. The molecule has 0 aliphatic carbocycles. The molecule has 6 aromatic rings. The van der Waals surface area contributed by atoms with E-state index in [9.17, 15) is 0 Å². The molecule has 1 aromatic carbocycles. The Morgan fingerprint density at radius 3 is 2.80 bits per heavy atom. The Labute approximate surface area is 205 Å². The molecule has 0 atom stereocenters. The van der Waals surface area contributed by atoms with Crippen LogP contribution in [0.25, 0.3) is 55.8 Å². The molecule has 7 rings (SSSR count). The third kappa shape index (κ3) is 3.71. The van der Waals surface area contributed by atoms with Crippen LogP contribution in [0.15, 0.2) is 65.7 Å². The number of fused-ring (bicyclic) bond motifs is 2. The Morgan fingerprint density at radius 2 is 1.91 bits per heavy atom. The van der Waals surface area contributed by atoms with Crippen LogP contribution in [0.1, 0.15) is 18.4 Å². The molecule has 0 radical (unpaired) electrons. The highest BCUT2D eigenvalue weighted by molar-refractivity contribution is 7.08. The molecule has 0 unspecified atom stereocenters. The third-order valence-electron chi connectivity index (χ3n) is 6.71. The Balaban J connectivity index is 1.28. The molecule has 1 aliphatic rings. The Bertz CT molecular complexity index is 1640. The van der Waals surface area contributed by atoms with Crippen LogP contribution in [0.2, 0.25) is 0 Å². The molecular formula is C27H23N7S. The first-order chi connectivity index (χ1) is 17.3. The highest BCUT2D eigenvalue weighted by Crippen LogP contribution is 2.33. The van der Waals surface area contributed by atoms with Crippen LogP contribution < -0.4 is 0 Å². The molecule has 1 saturated heterocycles. The van der Waals surface area contributed by atoms with E-state index in [4.69, 9.17) is 9.97 Å². The summed E-state index contributed by atoms with van der Waals surface area (Å²) >= 11 is 1.69. The monoisotopic (exact) mass is 477 g/mol. The first-order valence-corrected chi connectivity index (χ1v) is 12.8. The van der Waals surface area contributed by atoms with Crippen molar-refractivity contribution < 1.29 is 0 Å². The van der Waals surface area contributed by atoms with Crippen LogP contribution in [0.4, 0.5) is 0 Å². The second-order valence-electron chi connectivity index (χ2n) is 9.05. The molecule has 0 saturated carbocycles. The molecule has 1 aliphatic heterocycles. The van der Waals surface area contributed by atoms with Crippen molar-refractivity contribution >= 4 is 33.3 Å². The lowest BCUT2D eigenvalue weighted by Crippen LogP contribution is -2.18. The summed E-state index contributed by atoms with van der Waals surface area (Å²) < 4.78 is 0. The number of nitrogens with one attached hydrogen (secondary N) is 2. The number of aromatic amines is 2. The number of nitrogens with zero attached hydrogens (tertiary/aromatic N) is 5. The summed E-state index contributed by atoms with van der Waals surface area (Å²) in [7, 11) is 0. The zero-order chi connectivity index (χ0) is 23.2. The van der Waals surface area contributed by atoms with Gasteiger partial charge in [0.2, 0.25) is 0 Å². The van der Waals surface area contributed by atoms with E-state index in [0.29, 0.717) is 0 Å². The van der Waals surface area contributed by atoms with Crippen molar-refractivity contribution in [3.8, 4) is 33.9 Å². The van der Waals surface area contributed by atoms with E-state index in [0.717, 1.165) is 56.8 Å². The van der Waals surface area contributed by atoms with Crippen LogP contribution in [0.5, 0.6) is 0 Å². The van der Waals surface area contributed by atoms with Crippen LogP contribution in [0, 0.1) is 0 Å². The summed E-state index contributed by atoms with van der Waals surface area (Å²) in [4.78, 5) is 20.1. The average molecular weight is 478 g/mol. The van der Waals surface area contributed by atoms with Gasteiger partial charge in [-0.3, -0.25) is 20.0 Å². The van der Waals surface area contributed by atoms with Crippen molar-refractivity contribution in [2.45, 2.75) is 19.4 Å². The maximum absolute atomic E-state index is 4.96. The minimum Gasteiger partial charge on any atom is -0.337 e. The Hall–Kier alpha value is -3.88. The highest BCUT2D eigenvalue weighted by atomic mass is 32.1. The second-order valence-corrected chi connectivity index (χ2v) is 9.83. The molecule has 0 amide bonds. The van der Waals surface area contributed by atoms with Gasteiger partial charge >= 0.3 is 0 Å². The zero-order valence-electron chi connectivity index (χ0n) is 19.0. The molecule has 5 aromatic heterocycles. The van der Waals surface area contributed by atoms with Crippen LogP contribution in [0.3, 0.4) is 0 Å². The number of rotatable bonds is 5. The minimum atomic E-state index is 0.743. The van der Waals surface area contributed by atoms with Crippen molar-refractivity contribution in [1.82, 2.24) is 35.0 Å². The van der Waals surface area contributed by atoms with Gasteiger partial charge in [-0.25, -0.2) is 4.98 Å². The van der Waals surface area contributed by atoms with Crippen molar-refractivity contribution in [3.63, 3.8) is 0 Å². The van der Waals surface area contributed by atoms with E-state index >= 15 is 0 Å². The van der Waals surface area contributed by atoms with E-state index in [1.165, 1.54) is 37.1 Å². The molecule has 35 heavy (non-hydrogen) atoms. The number of hydrogen-bond acceptors (Lipinski definition) is 6. The van der Waals surface area contributed by atoms with E-state index < -0.39 is 0 Å². The van der Waals surface area contributed by atoms with E-state index in [1.54, 1.807) is 11.3 Å². The van der Waals surface area contributed by atoms with Gasteiger partial charge in [0.1, 0.15) is 5.69 Å². The number of thiophene rings is 1. The van der Waals surface area contributed by atoms with Gasteiger partial charge in [0.05, 0.1) is 28.4 Å². The predicted molar refractivity (Wildman–Crippen MR) is 140 cm³/mol. The standard InChI is InChI=1S/C27H23N7S/c1-2-8-34(7-1)15-17-10-19(13-28-12-17)23-11-21-24(14-29-23)32-33-26(21)27-30-22-5-3-4-20(25(22)31-27)18-6-9-35-16-18/h3-6,9-14,16H,1-2,7-8,15H2,(H,30,31)(H,32,33). The molecule has 1 fully saturated rings. The third-order valence-corrected chi connectivity index (χ3v) is 7.40. The molecule has 172 valence electrons. The van der Waals surface area contributed by atoms with Crippen molar-refractivity contribution in [1.29, 1.82) is 0 Å². The molecule has 2 N–H and O–H groups in total. The molecule has 6 heterocycles. The van der Waals surface area contributed by atoms with Gasteiger partial charge in [-0.2, -0.15) is 16.4 Å². The summed E-state index contributed by atoms with van der Waals surface area (Å²) in [6.07, 6.45) is 8.25. The van der Waals surface area contributed by atoms with Crippen molar-refractivity contribution in [3.05, 3.63) is 71.3 Å². The first-order valence-electron chi connectivity index (χ1n) is 11.8. The first kappa shape index (κ1) is 20.5. The van der Waals surface area contributed by atoms with E-state index in [1.807, 2.05) is 18.6 Å². The molecule has 7 nitrogen and oxygen atoms in total. The number of hydrogen-bond donors (Lipinski definition) is 2. The topological polar surface area (TPSA) is 86.4 Å². The maximum atomic E-state index is 4.96. The number of aromatic nitrogens is 6. The smallest absolute Gasteiger partial charge is 0.159 e.